The van der Waals surface area contributed by atoms with E-state index in [0.29, 0.717) is 28.9 Å². The van der Waals surface area contributed by atoms with Gasteiger partial charge in [-0.15, -0.1) is 0 Å². The van der Waals surface area contributed by atoms with Crippen LogP contribution in [0, 0.1) is 0 Å². The second-order valence-electron chi connectivity index (χ2n) is 3.38. The number of nitrogens with two attached hydrogens (primary N) is 2. The first-order chi connectivity index (χ1) is 7.60. The maximum atomic E-state index is 13.2. The van der Waals surface area contributed by atoms with E-state index in [1.54, 1.807) is 19.2 Å². The number of hydrogen-bond acceptors (Lipinski definition) is 3. The van der Waals surface area contributed by atoms with Crippen LogP contribution in [0.3, 0.4) is 0 Å². The number of anilines is 2. The van der Waals surface area contributed by atoms with Crippen LogP contribution in [0.4, 0.5) is 15.8 Å². The van der Waals surface area contributed by atoms with Crippen LogP contribution in [0.1, 0.15) is 25.8 Å². The van der Waals surface area contributed by atoms with Gasteiger partial charge in [-0.3, -0.25) is 4.98 Å². The van der Waals surface area contributed by atoms with Crippen molar-refractivity contribution in [3.05, 3.63) is 35.9 Å². The lowest BCUT2D eigenvalue weighted by Gasteiger charge is -2.08. The topological polar surface area (TPSA) is 64.9 Å². The molecule has 0 fully saturated rings. The summed E-state index contributed by atoms with van der Waals surface area (Å²) in [6, 6.07) is 0. The third kappa shape index (κ3) is 2.59. The zero-order valence-electron chi connectivity index (χ0n) is 9.50. The van der Waals surface area contributed by atoms with E-state index in [0.717, 1.165) is 0 Å². The summed E-state index contributed by atoms with van der Waals surface area (Å²) in [6.07, 6.45) is 6.65. The normalized spacial score (nSPS) is 12.9. The van der Waals surface area contributed by atoms with Crippen LogP contribution in [-0.4, -0.2) is 4.98 Å². The second kappa shape index (κ2) is 5.30. The molecule has 0 aliphatic rings. The van der Waals surface area contributed by atoms with Crippen LogP contribution in [0.2, 0.25) is 0 Å². The van der Waals surface area contributed by atoms with Crippen LogP contribution in [0.15, 0.2) is 30.4 Å². The number of aromatic nitrogens is 1. The Bertz CT molecular complexity index is 436. The Balaban J connectivity index is 3.21. The molecule has 0 spiro atoms. The molecule has 1 rings (SSSR count). The van der Waals surface area contributed by atoms with Crippen molar-refractivity contribution in [3.63, 3.8) is 0 Å². The highest BCUT2D eigenvalue weighted by Crippen LogP contribution is 2.27. The molecule has 0 aliphatic carbocycles. The highest BCUT2D eigenvalue weighted by Gasteiger charge is 2.07. The third-order valence-electron chi connectivity index (χ3n) is 2.29. The summed E-state index contributed by atoms with van der Waals surface area (Å²) < 4.78 is 13.2. The Labute approximate surface area is 94.7 Å². The Kier molecular flexibility index (Phi) is 4.05. The van der Waals surface area contributed by atoms with Gasteiger partial charge in [0.15, 0.2) is 0 Å². The first-order valence-corrected chi connectivity index (χ1v) is 5.11. The number of nitrogens with zero attached hydrogens (tertiary/aromatic N) is 1. The van der Waals surface area contributed by atoms with Gasteiger partial charge < -0.3 is 11.5 Å². The number of pyridine rings is 1. The van der Waals surface area contributed by atoms with E-state index in [1.165, 1.54) is 12.3 Å². The summed E-state index contributed by atoms with van der Waals surface area (Å²) in [5, 5.41) is 0. The molecule has 0 unspecified atom stereocenters. The number of allylic oxidation sites excluding steroid dienone is 4. The van der Waals surface area contributed by atoms with Gasteiger partial charge in [0.05, 0.1) is 17.6 Å². The fourth-order valence-electron chi connectivity index (χ4n) is 1.30. The predicted molar refractivity (Wildman–Crippen MR) is 66.2 cm³/mol. The number of rotatable bonds is 3. The van der Waals surface area contributed by atoms with Crippen molar-refractivity contribution in [1.29, 1.82) is 0 Å². The minimum absolute atomic E-state index is 0.199. The lowest BCUT2D eigenvalue weighted by atomic mass is 10.0. The van der Waals surface area contributed by atoms with Gasteiger partial charge in [0.2, 0.25) is 0 Å². The SMILES string of the molecule is CC=C(C=C(F)CC)c1cncc(N)c1N. The van der Waals surface area contributed by atoms with Crippen molar-refractivity contribution in [1.82, 2.24) is 4.98 Å². The Hall–Kier alpha value is -1.84. The van der Waals surface area contributed by atoms with Crippen molar-refractivity contribution >= 4 is 16.9 Å². The molecule has 1 aromatic heterocycles. The minimum Gasteiger partial charge on any atom is -0.396 e. The Morgan fingerprint density at radius 1 is 1.44 bits per heavy atom. The number of hydrogen-bond donors (Lipinski definition) is 2. The summed E-state index contributed by atoms with van der Waals surface area (Å²) in [5.41, 5.74) is 13.7. The van der Waals surface area contributed by atoms with Gasteiger partial charge in [-0.1, -0.05) is 13.0 Å². The Morgan fingerprint density at radius 3 is 2.69 bits per heavy atom. The monoisotopic (exact) mass is 221 g/mol. The van der Waals surface area contributed by atoms with Crippen molar-refractivity contribution in [2.45, 2.75) is 20.3 Å². The lowest BCUT2D eigenvalue weighted by molar-refractivity contribution is 0.605. The van der Waals surface area contributed by atoms with Crippen molar-refractivity contribution in [2.75, 3.05) is 11.5 Å². The van der Waals surface area contributed by atoms with E-state index >= 15 is 0 Å². The predicted octanol–water partition coefficient (Wildman–Crippen LogP) is 2.91. The van der Waals surface area contributed by atoms with Gasteiger partial charge >= 0.3 is 0 Å². The standard InChI is InChI=1S/C12H16FN3/c1-3-8(5-9(13)4-2)10-6-16-7-11(14)12(10)15/h3,5-7H,4,14H2,1-2H3,(H2,15,16). The molecule has 16 heavy (non-hydrogen) atoms. The molecule has 0 atom stereocenters. The van der Waals surface area contributed by atoms with Crippen LogP contribution in [0.5, 0.6) is 0 Å². The zero-order chi connectivity index (χ0) is 12.1. The van der Waals surface area contributed by atoms with E-state index in [2.05, 4.69) is 4.98 Å². The molecule has 0 aromatic carbocycles. The van der Waals surface area contributed by atoms with Crippen LogP contribution >= 0.6 is 0 Å². The lowest BCUT2D eigenvalue weighted by Crippen LogP contribution is -2.00. The maximum Gasteiger partial charge on any atom is 0.100 e. The van der Waals surface area contributed by atoms with Gasteiger partial charge in [0.1, 0.15) is 5.83 Å². The molecule has 1 aromatic rings. The van der Waals surface area contributed by atoms with Crippen LogP contribution in [0.25, 0.3) is 5.57 Å². The van der Waals surface area contributed by atoms with E-state index in [9.17, 15) is 4.39 Å². The second-order valence-corrected chi connectivity index (χ2v) is 3.38. The molecule has 0 saturated carbocycles. The highest BCUT2D eigenvalue weighted by atomic mass is 19.1. The average Bonchev–Trinajstić information content (AvgIpc) is 2.29. The first kappa shape index (κ1) is 12.2. The van der Waals surface area contributed by atoms with E-state index in [1.807, 2.05) is 6.92 Å². The first-order valence-electron chi connectivity index (χ1n) is 5.11. The van der Waals surface area contributed by atoms with Gasteiger partial charge in [0.25, 0.3) is 0 Å². The van der Waals surface area contributed by atoms with Gasteiger partial charge in [0, 0.05) is 11.8 Å². The molecule has 3 nitrogen and oxygen atoms in total. The Morgan fingerprint density at radius 2 is 2.12 bits per heavy atom. The molecule has 4 heteroatoms. The quantitative estimate of drug-likeness (QED) is 0.771. The maximum absolute atomic E-state index is 13.2. The molecule has 0 radical (unpaired) electrons. The molecule has 0 bridgehead atoms. The number of nitrogen functional groups attached to an aromatic ring is 2. The van der Waals surface area contributed by atoms with Crippen LogP contribution in [-0.2, 0) is 0 Å². The van der Waals surface area contributed by atoms with Crippen molar-refractivity contribution < 1.29 is 4.39 Å². The summed E-state index contributed by atoms with van der Waals surface area (Å²) in [5.74, 6) is -0.199. The fourth-order valence-corrected chi connectivity index (χ4v) is 1.30. The molecule has 86 valence electrons. The van der Waals surface area contributed by atoms with Crippen molar-refractivity contribution in [3.8, 4) is 0 Å². The molecule has 1 heterocycles. The fraction of sp³-hybridized carbons (Fsp3) is 0.250. The smallest absolute Gasteiger partial charge is 0.100 e. The summed E-state index contributed by atoms with van der Waals surface area (Å²) in [7, 11) is 0. The van der Waals surface area contributed by atoms with Gasteiger partial charge in [-0.25, -0.2) is 4.39 Å². The average molecular weight is 221 g/mol. The summed E-state index contributed by atoms with van der Waals surface area (Å²) in [4.78, 5) is 3.95. The third-order valence-corrected chi connectivity index (χ3v) is 2.29. The van der Waals surface area contributed by atoms with Crippen LogP contribution < -0.4 is 11.5 Å². The summed E-state index contributed by atoms with van der Waals surface area (Å²) >= 11 is 0. The molecule has 0 amide bonds. The largest absolute Gasteiger partial charge is 0.396 e. The number of halogens is 1. The zero-order valence-corrected chi connectivity index (χ0v) is 9.50. The summed E-state index contributed by atoms with van der Waals surface area (Å²) in [6.45, 7) is 3.57. The molecular formula is C12H16FN3. The molecular weight excluding hydrogens is 205 g/mol. The van der Waals surface area contributed by atoms with E-state index in [4.69, 9.17) is 11.5 Å². The minimum atomic E-state index is -0.199. The van der Waals surface area contributed by atoms with E-state index < -0.39 is 0 Å². The molecule has 0 aliphatic heterocycles. The van der Waals surface area contributed by atoms with Gasteiger partial charge in [-0.05, 0) is 25.0 Å². The van der Waals surface area contributed by atoms with Gasteiger partial charge in [-0.2, -0.15) is 0 Å². The highest BCUT2D eigenvalue weighted by molar-refractivity contribution is 5.85. The molecule has 4 N–H and O–H groups in total. The van der Waals surface area contributed by atoms with E-state index in [-0.39, 0.29) is 5.83 Å². The molecule has 0 saturated heterocycles. The van der Waals surface area contributed by atoms with Crippen molar-refractivity contribution in [2.24, 2.45) is 0 Å².